The maximum Gasteiger partial charge on any atom is 0.285 e. The van der Waals surface area contributed by atoms with Gasteiger partial charge >= 0.3 is 0 Å². The van der Waals surface area contributed by atoms with Gasteiger partial charge in [-0.15, -0.1) is 0 Å². The molecule has 7 heteroatoms. The number of hydrogen-bond acceptors (Lipinski definition) is 6. The van der Waals surface area contributed by atoms with Crippen LogP contribution in [-0.2, 0) is 4.79 Å². The fraction of sp³-hybridized carbons (Fsp3) is 0.167. The molecule has 0 radical (unpaired) electrons. The second kappa shape index (κ2) is 9.21. The molecule has 31 heavy (non-hydrogen) atoms. The van der Waals surface area contributed by atoms with E-state index in [2.05, 4.69) is 10.5 Å². The van der Waals surface area contributed by atoms with E-state index < -0.39 is 18.1 Å². The summed E-state index contributed by atoms with van der Waals surface area (Å²) in [7, 11) is 3.14. The number of hydrazone groups is 1. The minimum absolute atomic E-state index is 0.429. The molecule has 0 saturated carbocycles. The third kappa shape index (κ3) is 4.45. The van der Waals surface area contributed by atoms with Gasteiger partial charge in [0, 0.05) is 5.56 Å². The van der Waals surface area contributed by atoms with E-state index in [0.717, 1.165) is 5.56 Å². The molecule has 0 unspecified atom stereocenters. The number of rotatable bonds is 6. The zero-order chi connectivity index (χ0) is 21.6. The number of ether oxygens (including phenoxy) is 4. The van der Waals surface area contributed by atoms with E-state index in [1.165, 1.54) is 6.21 Å². The quantitative estimate of drug-likeness (QED) is 0.487. The number of para-hydroxylation sites is 2. The van der Waals surface area contributed by atoms with Gasteiger partial charge in [0.05, 0.1) is 20.4 Å². The van der Waals surface area contributed by atoms with Gasteiger partial charge in [-0.1, -0.05) is 42.5 Å². The van der Waals surface area contributed by atoms with Crippen LogP contribution in [-0.4, -0.2) is 32.4 Å². The lowest BCUT2D eigenvalue weighted by Crippen LogP contribution is -2.44. The van der Waals surface area contributed by atoms with E-state index >= 15 is 0 Å². The molecule has 2 atom stereocenters. The highest BCUT2D eigenvalue weighted by Crippen LogP contribution is 2.39. The Morgan fingerprint density at radius 1 is 0.935 bits per heavy atom. The first-order valence-electron chi connectivity index (χ1n) is 9.72. The van der Waals surface area contributed by atoms with Gasteiger partial charge in [0.1, 0.15) is 11.5 Å². The van der Waals surface area contributed by atoms with E-state index in [4.69, 9.17) is 18.9 Å². The van der Waals surface area contributed by atoms with Gasteiger partial charge in [-0.2, -0.15) is 5.10 Å². The van der Waals surface area contributed by atoms with Crippen molar-refractivity contribution in [3.63, 3.8) is 0 Å². The summed E-state index contributed by atoms with van der Waals surface area (Å²) >= 11 is 0. The molecule has 0 aromatic heterocycles. The average Bonchev–Trinajstić information content (AvgIpc) is 2.83. The minimum atomic E-state index is -0.915. The van der Waals surface area contributed by atoms with Crippen molar-refractivity contribution in [3.05, 3.63) is 83.9 Å². The van der Waals surface area contributed by atoms with Gasteiger partial charge < -0.3 is 18.9 Å². The number of nitrogens with zero attached hydrogens (tertiary/aromatic N) is 1. The molecular weight excluding hydrogens is 396 g/mol. The normalized spacial score (nSPS) is 17.2. The summed E-state index contributed by atoms with van der Waals surface area (Å²) in [5.74, 6) is 1.92. The average molecular weight is 418 g/mol. The lowest BCUT2D eigenvalue weighted by molar-refractivity contribution is -0.134. The highest BCUT2D eigenvalue weighted by molar-refractivity contribution is 5.87. The maximum atomic E-state index is 13.0. The standard InChI is InChI=1S/C24H22N2O5/c1-28-18-12-13-19(29-2)17(14-18)15-25-26-24(27)23-22(16-8-4-3-5-9-16)30-20-10-6-7-11-21(20)31-23/h3-15,22-23H,1-2H3,(H,26,27)/b25-15-/t22-,23-/m1/s1. The van der Waals surface area contributed by atoms with Crippen LogP contribution >= 0.6 is 0 Å². The van der Waals surface area contributed by atoms with Crippen LogP contribution in [0.25, 0.3) is 0 Å². The Balaban J connectivity index is 1.55. The first-order valence-corrected chi connectivity index (χ1v) is 9.72. The van der Waals surface area contributed by atoms with Crippen LogP contribution in [0.2, 0.25) is 0 Å². The summed E-state index contributed by atoms with van der Waals surface area (Å²) in [6.45, 7) is 0. The number of carbonyl (C=O) groups excluding carboxylic acids is 1. The molecule has 0 fully saturated rings. The highest BCUT2D eigenvalue weighted by atomic mass is 16.6. The second-order valence-corrected chi connectivity index (χ2v) is 6.78. The Labute approximate surface area is 180 Å². The summed E-state index contributed by atoms with van der Waals surface area (Å²) < 4.78 is 22.7. The predicted molar refractivity (Wildman–Crippen MR) is 116 cm³/mol. The van der Waals surface area contributed by atoms with Crippen molar-refractivity contribution in [1.29, 1.82) is 0 Å². The smallest absolute Gasteiger partial charge is 0.285 e. The minimum Gasteiger partial charge on any atom is -0.497 e. The van der Waals surface area contributed by atoms with Crippen molar-refractivity contribution < 1.29 is 23.7 Å². The van der Waals surface area contributed by atoms with Crippen molar-refractivity contribution in [2.75, 3.05) is 14.2 Å². The second-order valence-electron chi connectivity index (χ2n) is 6.78. The van der Waals surface area contributed by atoms with Crippen molar-refractivity contribution in [3.8, 4) is 23.0 Å². The Bertz CT molecular complexity index is 1080. The van der Waals surface area contributed by atoms with Gasteiger partial charge in [-0.05, 0) is 35.9 Å². The topological polar surface area (TPSA) is 78.4 Å². The van der Waals surface area contributed by atoms with E-state index in [0.29, 0.717) is 28.6 Å². The molecule has 0 aliphatic carbocycles. The van der Waals surface area contributed by atoms with Crippen LogP contribution in [0.15, 0.2) is 77.9 Å². The number of methoxy groups -OCH3 is 2. The molecule has 1 amide bonds. The van der Waals surface area contributed by atoms with Crippen LogP contribution in [0.1, 0.15) is 17.2 Å². The number of amides is 1. The molecule has 3 aromatic carbocycles. The van der Waals surface area contributed by atoms with Crippen LogP contribution in [0.3, 0.4) is 0 Å². The number of hydrogen-bond donors (Lipinski definition) is 1. The Kier molecular flexibility index (Phi) is 6.03. The first kappa shape index (κ1) is 20.3. The zero-order valence-electron chi connectivity index (χ0n) is 17.1. The number of nitrogens with one attached hydrogen (secondary N) is 1. The molecule has 0 saturated heterocycles. The zero-order valence-corrected chi connectivity index (χ0v) is 17.1. The van der Waals surface area contributed by atoms with E-state index in [1.807, 2.05) is 48.5 Å². The lowest BCUT2D eigenvalue weighted by Gasteiger charge is -2.32. The van der Waals surface area contributed by atoms with Crippen LogP contribution in [0, 0.1) is 0 Å². The SMILES string of the molecule is COc1ccc(OC)c(/C=N\NC(=O)[C@@H]2Oc3ccccc3O[C@@H]2c2ccccc2)c1. The molecule has 1 aliphatic rings. The molecule has 1 aliphatic heterocycles. The molecular formula is C24H22N2O5. The van der Waals surface area contributed by atoms with Gasteiger partial charge in [0.2, 0.25) is 6.10 Å². The Morgan fingerprint density at radius 3 is 2.35 bits per heavy atom. The van der Waals surface area contributed by atoms with Crippen molar-refractivity contribution >= 4 is 12.1 Å². The van der Waals surface area contributed by atoms with Gasteiger partial charge in [0.15, 0.2) is 17.6 Å². The Hall–Kier alpha value is -4.00. The molecule has 7 nitrogen and oxygen atoms in total. The Morgan fingerprint density at radius 2 is 1.65 bits per heavy atom. The summed E-state index contributed by atoms with van der Waals surface area (Å²) in [5, 5.41) is 4.09. The van der Waals surface area contributed by atoms with Crippen molar-refractivity contribution in [2.24, 2.45) is 5.10 Å². The lowest BCUT2D eigenvalue weighted by atomic mass is 10.0. The first-order chi connectivity index (χ1) is 15.2. The molecule has 4 rings (SSSR count). The van der Waals surface area contributed by atoms with Crippen molar-refractivity contribution in [2.45, 2.75) is 12.2 Å². The van der Waals surface area contributed by atoms with E-state index in [1.54, 1.807) is 38.5 Å². The molecule has 0 spiro atoms. The molecule has 1 N–H and O–H groups in total. The predicted octanol–water partition coefficient (Wildman–Crippen LogP) is 3.74. The summed E-state index contributed by atoms with van der Waals surface area (Å²) in [4.78, 5) is 13.0. The van der Waals surface area contributed by atoms with Gasteiger partial charge in [0.25, 0.3) is 5.91 Å². The largest absolute Gasteiger partial charge is 0.497 e. The maximum absolute atomic E-state index is 13.0. The molecule has 158 valence electrons. The summed E-state index contributed by atoms with van der Waals surface area (Å²) in [6.07, 6.45) is -0.0340. The highest BCUT2D eigenvalue weighted by Gasteiger charge is 2.38. The fourth-order valence-corrected chi connectivity index (χ4v) is 3.29. The number of benzene rings is 3. The van der Waals surface area contributed by atoms with Crippen molar-refractivity contribution in [1.82, 2.24) is 5.43 Å². The third-order valence-electron chi connectivity index (χ3n) is 4.83. The van der Waals surface area contributed by atoms with Gasteiger partial charge in [-0.3, -0.25) is 4.79 Å². The van der Waals surface area contributed by atoms with E-state index in [-0.39, 0.29) is 0 Å². The van der Waals surface area contributed by atoms with Gasteiger partial charge in [-0.25, -0.2) is 5.43 Å². The fourth-order valence-electron chi connectivity index (χ4n) is 3.29. The molecule has 3 aromatic rings. The van der Waals surface area contributed by atoms with Crippen LogP contribution in [0.4, 0.5) is 0 Å². The molecule has 0 bridgehead atoms. The third-order valence-corrected chi connectivity index (χ3v) is 4.83. The number of carbonyl (C=O) groups is 1. The van der Waals surface area contributed by atoms with E-state index in [9.17, 15) is 4.79 Å². The monoisotopic (exact) mass is 418 g/mol. The summed E-state index contributed by atoms with van der Waals surface area (Å²) in [5.41, 5.74) is 4.04. The molecule has 1 heterocycles. The van der Waals surface area contributed by atoms with Crippen LogP contribution < -0.4 is 24.4 Å². The number of fused-ring (bicyclic) bond motifs is 1. The van der Waals surface area contributed by atoms with Crippen LogP contribution in [0.5, 0.6) is 23.0 Å². The summed E-state index contributed by atoms with van der Waals surface area (Å²) in [6, 6.07) is 22.0.